The molecule has 5 nitrogen and oxygen atoms in total. The summed E-state index contributed by atoms with van der Waals surface area (Å²) in [5.74, 6) is 1.90. The first-order chi connectivity index (χ1) is 12.8. The molecule has 0 saturated carbocycles. The molecule has 0 bridgehead atoms. The van der Waals surface area contributed by atoms with Crippen LogP contribution in [0.15, 0.2) is 40.9 Å². The minimum atomic E-state index is 0.815. The number of thioether (sulfide) groups is 1. The van der Waals surface area contributed by atoms with Crippen LogP contribution in [0, 0.1) is 6.92 Å². The van der Waals surface area contributed by atoms with Crippen LogP contribution in [0.4, 0.5) is 0 Å². The monoisotopic (exact) mass is 385 g/mol. The van der Waals surface area contributed by atoms with E-state index in [1.807, 2.05) is 6.92 Å². The first-order valence-corrected chi connectivity index (χ1v) is 10.9. The van der Waals surface area contributed by atoms with Crippen LogP contribution in [-0.2, 0) is 18.8 Å². The third-order valence-electron chi connectivity index (χ3n) is 4.56. The number of hydrogen-bond donors (Lipinski definition) is 0. The van der Waals surface area contributed by atoms with E-state index in [0.29, 0.717) is 0 Å². The molecule has 1 fully saturated rings. The van der Waals surface area contributed by atoms with Gasteiger partial charge in [0.05, 0.1) is 23.8 Å². The lowest BCUT2D eigenvalue weighted by Gasteiger charge is -2.16. The Kier molecular flexibility index (Phi) is 5.67. The van der Waals surface area contributed by atoms with Crippen molar-refractivity contribution in [3.05, 3.63) is 57.8 Å². The molecule has 0 amide bonds. The Labute approximate surface area is 162 Å². The van der Waals surface area contributed by atoms with Crippen molar-refractivity contribution in [3.8, 4) is 0 Å². The summed E-state index contributed by atoms with van der Waals surface area (Å²) in [6, 6.07) is 10.6. The average Bonchev–Trinajstić information content (AvgIpc) is 3.38. The van der Waals surface area contributed by atoms with Gasteiger partial charge in [0.1, 0.15) is 5.82 Å². The number of nitrogens with zero attached hydrogens (tertiary/aromatic N) is 5. The maximum absolute atomic E-state index is 4.56. The molecule has 1 aromatic carbocycles. The van der Waals surface area contributed by atoms with E-state index < -0.39 is 0 Å². The van der Waals surface area contributed by atoms with Crippen molar-refractivity contribution in [2.75, 3.05) is 13.1 Å². The molecule has 1 saturated heterocycles. The first kappa shape index (κ1) is 17.7. The van der Waals surface area contributed by atoms with Gasteiger partial charge in [0.15, 0.2) is 5.16 Å². The van der Waals surface area contributed by atoms with Gasteiger partial charge >= 0.3 is 0 Å². The molecule has 0 radical (unpaired) electrons. The van der Waals surface area contributed by atoms with Gasteiger partial charge in [0, 0.05) is 11.1 Å². The molecule has 136 valence electrons. The van der Waals surface area contributed by atoms with E-state index >= 15 is 0 Å². The zero-order valence-electron chi connectivity index (χ0n) is 15.0. The number of aryl methyl sites for hydroxylation is 1. The predicted molar refractivity (Wildman–Crippen MR) is 106 cm³/mol. The molecule has 4 rings (SSSR count). The van der Waals surface area contributed by atoms with E-state index in [0.717, 1.165) is 40.5 Å². The van der Waals surface area contributed by atoms with E-state index in [1.54, 1.807) is 23.1 Å². The van der Waals surface area contributed by atoms with Crippen LogP contribution in [0.5, 0.6) is 0 Å². The highest BCUT2D eigenvalue weighted by atomic mass is 32.2. The van der Waals surface area contributed by atoms with Crippen molar-refractivity contribution < 1.29 is 0 Å². The van der Waals surface area contributed by atoms with Crippen molar-refractivity contribution in [2.45, 2.75) is 43.8 Å². The molecule has 2 aromatic heterocycles. The molecule has 0 unspecified atom stereocenters. The average molecular weight is 386 g/mol. The summed E-state index contributed by atoms with van der Waals surface area (Å²) < 4.78 is 2.28. The quantitative estimate of drug-likeness (QED) is 0.576. The summed E-state index contributed by atoms with van der Waals surface area (Å²) in [4.78, 5) is 7.04. The summed E-state index contributed by atoms with van der Waals surface area (Å²) in [6.45, 7) is 6.08. The highest BCUT2D eigenvalue weighted by molar-refractivity contribution is 7.98. The molecule has 0 aliphatic carbocycles. The predicted octanol–water partition coefficient (Wildman–Crippen LogP) is 3.98. The van der Waals surface area contributed by atoms with E-state index in [-0.39, 0.29) is 0 Å². The van der Waals surface area contributed by atoms with Crippen molar-refractivity contribution in [1.29, 1.82) is 0 Å². The van der Waals surface area contributed by atoms with Crippen LogP contribution in [0.25, 0.3) is 0 Å². The number of thiazole rings is 1. The third-order valence-corrected chi connectivity index (χ3v) is 6.38. The van der Waals surface area contributed by atoms with Gasteiger partial charge in [-0.15, -0.1) is 21.5 Å². The maximum Gasteiger partial charge on any atom is 0.191 e. The number of aromatic nitrogens is 4. The third kappa shape index (κ3) is 4.34. The van der Waals surface area contributed by atoms with Crippen molar-refractivity contribution >= 4 is 23.1 Å². The summed E-state index contributed by atoms with van der Waals surface area (Å²) >= 11 is 3.43. The Morgan fingerprint density at radius 2 is 1.88 bits per heavy atom. The molecule has 7 heteroatoms. The topological polar surface area (TPSA) is 46.8 Å². The number of hydrogen-bond acceptors (Lipinski definition) is 6. The molecule has 26 heavy (non-hydrogen) atoms. The van der Waals surface area contributed by atoms with Crippen LogP contribution in [0.2, 0.25) is 0 Å². The van der Waals surface area contributed by atoms with Crippen molar-refractivity contribution in [3.63, 3.8) is 0 Å². The molecule has 0 spiro atoms. The van der Waals surface area contributed by atoms with Crippen LogP contribution in [0.1, 0.15) is 34.9 Å². The van der Waals surface area contributed by atoms with Gasteiger partial charge in [0.25, 0.3) is 0 Å². The summed E-state index contributed by atoms with van der Waals surface area (Å²) in [7, 11) is 0. The molecule has 3 aromatic rings. The summed E-state index contributed by atoms with van der Waals surface area (Å²) in [5.41, 5.74) is 2.40. The zero-order valence-corrected chi connectivity index (χ0v) is 16.6. The largest absolute Gasteiger partial charge is 0.300 e. The lowest BCUT2D eigenvalue weighted by atomic mass is 10.2. The molecule has 0 N–H and O–H groups in total. The molecule has 0 atom stereocenters. The fourth-order valence-corrected chi connectivity index (χ4v) is 4.79. The standard InChI is InChI=1S/C19H23N5S2/c1-15-20-17(13-25-15)14-26-19-22-21-18(12-23-9-5-6-10-23)24(19)11-16-7-3-2-4-8-16/h2-4,7-8,13H,5-6,9-12,14H2,1H3. The molecule has 3 heterocycles. The van der Waals surface area contributed by atoms with Crippen LogP contribution in [0.3, 0.4) is 0 Å². The van der Waals surface area contributed by atoms with Gasteiger partial charge in [-0.1, -0.05) is 42.1 Å². The fourth-order valence-electron chi connectivity index (χ4n) is 3.22. The Bertz CT molecular complexity index is 837. The van der Waals surface area contributed by atoms with Crippen LogP contribution < -0.4 is 0 Å². The Morgan fingerprint density at radius 1 is 1.08 bits per heavy atom. The normalized spacial score (nSPS) is 15.0. The van der Waals surface area contributed by atoms with Gasteiger partial charge < -0.3 is 4.57 Å². The molecular weight excluding hydrogens is 362 g/mol. The number of rotatable bonds is 7. The maximum atomic E-state index is 4.56. The summed E-state index contributed by atoms with van der Waals surface area (Å²) in [5, 5.41) is 13.2. The van der Waals surface area contributed by atoms with Crippen LogP contribution in [-0.4, -0.2) is 37.7 Å². The van der Waals surface area contributed by atoms with Gasteiger partial charge in [-0.2, -0.15) is 0 Å². The Morgan fingerprint density at radius 3 is 2.62 bits per heavy atom. The molecule has 1 aliphatic heterocycles. The van der Waals surface area contributed by atoms with Gasteiger partial charge in [0.2, 0.25) is 0 Å². The minimum Gasteiger partial charge on any atom is -0.300 e. The lowest BCUT2D eigenvalue weighted by molar-refractivity contribution is 0.316. The highest BCUT2D eigenvalue weighted by Crippen LogP contribution is 2.24. The minimum absolute atomic E-state index is 0.815. The van der Waals surface area contributed by atoms with E-state index in [1.165, 1.54) is 31.5 Å². The number of likely N-dealkylation sites (tertiary alicyclic amines) is 1. The lowest BCUT2D eigenvalue weighted by Crippen LogP contribution is -2.21. The summed E-state index contributed by atoms with van der Waals surface area (Å²) in [6.07, 6.45) is 2.58. The Balaban J connectivity index is 1.54. The van der Waals surface area contributed by atoms with Gasteiger partial charge in [-0.05, 0) is 38.4 Å². The van der Waals surface area contributed by atoms with Crippen LogP contribution >= 0.6 is 23.1 Å². The molecular formula is C19H23N5S2. The first-order valence-electron chi connectivity index (χ1n) is 9.00. The van der Waals surface area contributed by atoms with E-state index in [9.17, 15) is 0 Å². The van der Waals surface area contributed by atoms with E-state index in [4.69, 9.17) is 0 Å². The molecule has 1 aliphatic rings. The SMILES string of the molecule is Cc1nc(CSc2nnc(CN3CCCC3)n2Cc2ccccc2)cs1. The fraction of sp³-hybridized carbons (Fsp3) is 0.421. The Hall–Kier alpha value is -1.70. The second-order valence-corrected chi connectivity index (χ2v) is 8.61. The number of benzene rings is 1. The van der Waals surface area contributed by atoms with Crippen molar-refractivity contribution in [2.24, 2.45) is 0 Å². The smallest absolute Gasteiger partial charge is 0.191 e. The second kappa shape index (κ2) is 8.33. The van der Waals surface area contributed by atoms with Gasteiger partial charge in [-0.3, -0.25) is 4.90 Å². The van der Waals surface area contributed by atoms with E-state index in [2.05, 4.69) is 60.4 Å². The van der Waals surface area contributed by atoms with Gasteiger partial charge in [-0.25, -0.2) is 4.98 Å². The second-order valence-electron chi connectivity index (χ2n) is 6.60. The zero-order chi connectivity index (χ0) is 17.8. The van der Waals surface area contributed by atoms with Crippen molar-refractivity contribution in [1.82, 2.24) is 24.6 Å². The highest BCUT2D eigenvalue weighted by Gasteiger charge is 2.18.